The van der Waals surface area contributed by atoms with Gasteiger partial charge in [-0.2, -0.15) is 0 Å². The van der Waals surface area contributed by atoms with Gasteiger partial charge in [-0.05, 0) is 42.8 Å². The quantitative estimate of drug-likeness (QED) is 0.445. The van der Waals surface area contributed by atoms with E-state index in [4.69, 9.17) is 27.9 Å². The number of fused-ring (bicyclic) bond motifs is 1. The number of amides is 2. The van der Waals surface area contributed by atoms with Gasteiger partial charge in [-0.1, -0.05) is 51.3 Å². The average molecular weight is 564 g/mol. The van der Waals surface area contributed by atoms with Crippen molar-refractivity contribution in [2.24, 2.45) is 0 Å². The van der Waals surface area contributed by atoms with Gasteiger partial charge in [0.1, 0.15) is 11.2 Å². The van der Waals surface area contributed by atoms with Crippen molar-refractivity contribution in [1.29, 1.82) is 0 Å². The third-order valence-corrected chi connectivity index (χ3v) is 7.15. The molecule has 7 nitrogen and oxygen atoms in total. The zero-order chi connectivity index (χ0) is 24.0. The van der Waals surface area contributed by atoms with Gasteiger partial charge in [0.2, 0.25) is 5.95 Å². The number of carbonyl (C=O) groups excluding carboxylic acids is 2. The number of morpholine rings is 1. The second kappa shape index (κ2) is 9.00. The number of hydrogen-bond donors (Lipinski definition) is 0. The highest BCUT2D eigenvalue weighted by molar-refractivity contribution is 9.10. The van der Waals surface area contributed by atoms with Crippen LogP contribution in [-0.2, 0) is 21.5 Å². The van der Waals surface area contributed by atoms with Crippen LogP contribution in [0.4, 0.5) is 11.6 Å². The fourth-order valence-corrected chi connectivity index (χ4v) is 5.33. The molecule has 0 bridgehead atoms. The van der Waals surface area contributed by atoms with E-state index in [1.54, 1.807) is 33.9 Å². The molecule has 1 fully saturated rings. The van der Waals surface area contributed by atoms with Crippen molar-refractivity contribution in [2.45, 2.75) is 18.9 Å². The highest BCUT2D eigenvalue weighted by atomic mass is 79.9. The molecule has 0 radical (unpaired) electrons. The zero-order valence-electron chi connectivity index (χ0n) is 18.3. The smallest absolute Gasteiger partial charge is 0.272 e. The SMILES string of the molecule is C[C@@]1(Cc2ccc(Br)cc2)C(=O)N(c2cc(Cl)cc(Cl)c2)c2ncc(C(=O)N3CCOCC3)n21. The van der Waals surface area contributed by atoms with E-state index in [-0.39, 0.29) is 11.8 Å². The van der Waals surface area contributed by atoms with Crippen LogP contribution < -0.4 is 4.90 Å². The zero-order valence-corrected chi connectivity index (χ0v) is 21.4. The maximum Gasteiger partial charge on any atom is 0.272 e. The van der Waals surface area contributed by atoms with Crippen molar-refractivity contribution in [3.05, 3.63) is 74.4 Å². The molecule has 3 aromatic rings. The lowest BCUT2D eigenvalue weighted by Gasteiger charge is -2.30. The Labute approximate surface area is 215 Å². The van der Waals surface area contributed by atoms with Crippen LogP contribution in [0.25, 0.3) is 0 Å². The normalized spacial score (nSPS) is 20.1. The molecule has 1 saturated heterocycles. The molecular weight excluding hydrogens is 543 g/mol. The maximum absolute atomic E-state index is 14.0. The minimum atomic E-state index is -1.09. The monoisotopic (exact) mass is 562 g/mol. The summed E-state index contributed by atoms with van der Waals surface area (Å²) in [4.78, 5) is 35.3. The fraction of sp³-hybridized carbons (Fsp3) is 0.292. The predicted octanol–water partition coefficient (Wildman–Crippen LogP) is 5.06. The lowest BCUT2D eigenvalue weighted by molar-refractivity contribution is -0.123. The van der Waals surface area contributed by atoms with Crippen LogP contribution in [0, 0.1) is 0 Å². The molecule has 0 saturated carbocycles. The first-order valence-electron chi connectivity index (χ1n) is 10.8. The molecule has 34 heavy (non-hydrogen) atoms. The highest BCUT2D eigenvalue weighted by Gasteiger charge is 2.51. The number of aromatic nitrogens is 2. The van der Waals surface area contributed by atoms with Crippen LogP contribution in [0.5, 0.6) is 0 Å². The molecule has 5 rings (SSSR count). The van der Waals surface area contributed by atoms with Crippen LogP contribution in [0.15, 0.2) is 53.1 Å². The number of imidazole rings is 1. The summed E-state index contributed by atoms with van der Waals surface area (Å²) in [6, 6.07) is 12.7. The molecule has 2 aliphatic rings. The Morgan fingerprint density at radius 1 is 1.12 bits per heavy atom. The fourth-order valence-electron chi connectivity index (χ4n) is 4.55. The molecule has 1 atom stereocenters. The summed E-state index contributed by atoms with van der Waals surface area (Å²) in [5, 5.41) is 0.805. The van der Waals surface area contributed by atoms with Crippen LogP contribution in [0.1, 0.15) is 23.0 Å². The van der Waals surface area contributed by atoms with Crippen molar-refractivity contribution in [3.63, 3.8) is 0 Å². The van der Waals surface area contributed by atoms with Gasteiger partial charge in [-0.25, -0.2) is 9.88 Å². The second-order valence-corrected chi connectivity index (χ2v) is 10.3. The van der Waals surface area contributed by atoms with E-state index in [9.17, 15) is 9.59 Å². The highest BCUT2D eigenvalue weighted by Crippen LogP contribution is 2.43. The van der Waals surface area contributed by atoms with Gasteiger partial charge >= 0.3 is 0 Å². The standard InChI is InChI=1S/C24H21BrCl2N4O3/c1-24(13-15-2-4-16(25)5-3-15)22(33)30(19-11-17(26)10-18(27)12-19)23-28-14-20(31(23)24)21(32)29-6-8-34-9-7-29/h2-5,10-12,14H,6-9,13H2,1H3/t24-/m1/s1. The predicted molar refractivity (Wildman–Crippen MR) is 134 cm³/mol. The molecule has 10 heteroatoms. The number of hydrogen-bond acceptors (Lipinski definition) is 4. The van der Waals surface area contributed by atoms with Gasteiger partial charge in [0.25, 0.3) is 11.8 Å². The third kappa shape index (κ3) is 4.02. The lowest BCUT2D eigenvalue weighted by Crippen LogP contribution is -2.45. The van der Waals surface area contributed by atoms with Crippen molar-refractivity contribution >= 4 is 62.6 Å². The number of halogens is 3. The average Bonchev–Trinajstić information content (AvgIpc) is 3.33. The Morgan fingerprint density at radius 3 is 2.41 bits per heavy atom. The Kier molecular flexibility index (Phi) is 6.18. The number of carbonyl (C=O) groups is 2. The van der Waals surface area contributed by atoms with Crippen molar-refractivity contribution < 1.29 is 14.3 Å². The second-order valence-electron chi connectivity index (χ2n) is 8.53. The summed E-state index contributed by atoms with van der Waals surface area (Å²) in [6.45, 7) is 3.78. The lowest BCUT2D eigenvalue weighted by atomic mass is 9.91. The summed E-state index contributed by atoms with van der Waals surface area (Å²) >= 11 is 16.0. The molecule has 176 valence electrons. The first kappa shape index (κ1) is 23.4. The van der Waals surface area contributed by atoms with Gasteiger partial charge in [-0.15, -0.1) is 0 Å². The Balaban J connectivity index is 1.64. The van der Waals surface area contributed by atoms with E-state index in [0.717, 1.165) is 10.0 Å². The molecule has 2 amide bonds. The first-order valence-corrected chi connectivity index (χ1v) is 12.3. The van der Waals surface area contributed by atoms with E-state index in [1.807, 2.05) is 31.2 Å². The molecule has 1 aromatic heterocycles. The first-order chi connectivity index (χ1) is 16.3. The minimum absolute atomic E-state index is 0.178. The molecule has 3 heterocycles. The summed E-state index contributed by atoms with van der Waals surface area (Å²) < 4.78 is 8.10. The molecule has 0 aliphatic carbocycles. The number of ether oxygens (including phenoxy) is 1. The Hall–Kier alpha value is -2.39. The van der Waals surface area contributed by atoms with Crippen molar-refractivity contribution in [3.8, 4) is 0 Å². The van der Waals surface area contributed by atoms with Gasteiger partial charge in [-0.3, -0.25) is 14.2 Å². The summed E-state index contributed by atoms with van der Waals surface area (Å²) in [5.41, 5.74) is 0.723. The molecule has 0 spiro atoms. The van der Waals surface area contributed by atoms with E-state index in [1.165, 1.54) is 4.90 Å². The molecule has 2 aliphatic heterocycles. The number of anilines is 2. The molecule has 0 N–H and O–H groups in total. The van der Waals surface area contributed by atoms with Crippen LogP contribution in [0.2, 0.25) is 10.0 Å². The summed E-state index contributed by atoms with van der Waals surface area (Å²) in [5.74, 6) is -0.0321. The third-order valence-electron chi connectivity index (χ3n) is 6.19. The van der Waals surface area contributed by atoms with E-state index in [2.05, 4.69) is 20.9 Å². The van der Waals surface area contributed by atoms with E-state index in [0.29, 0.717) is 60.1 Å². The van der Waals surface area contributed by atoms with E-state index < -0.39 is 5.54 Å². The van der Waals surface area contributed by atoms with Crippen molar-refractivity contribution in [2.75, 3.05) is 31.2 Å². The summed E-state index contributed by atoms with van der Waals surface area (Å²) in [6.07, 6.45) is 1.91. The Bertz CT molecular complexity index is 1250. The molecule has 0 unspecified atom stereocenters. The van der Waals surface area contributed by atoms with Crippen LogP contribution >= 0.6 is 39.1 Å². The molecular formula is C24H21BrCl2N4O3. The Morgan fingerprint density at radius 2 is 1.76 bits per heavy atom. The summed E-state index contributed by atoms with van der Waals surface area (Å²) in [7, 11) is 0. The van der Waals surface area contributed by atoms with Gasteiger partial charge in [0, 0.05) is 34.0 Å². The number of nitrogens with zero attached hydrogens (tertiary/aromatic N) is 4. The minimum Gasteiger partial charge on any atom is -0.378 e. The number of rotatable bonds is 4. The largest absolute Gasteiger partial charge is 0.378 e. The van der Waals surface area contributed by atoms with Crippen LogP contribution in [0.3, 0.4) is 0 Å². The van der Waals surface area contributed by atoms with E-state index >= 15 is 0 Å². The van der Waals surface area contributed by atoms with Gasteiger partial charge < -0.3 is 9.64 Å². The van der Waals surface area contributed by atoms with Gasteiger partial charge in [0.05, 0.1) is 25.1 Å². The molecule has 2 aromatic carbocycles. The number of benzene rings is 2. The van der Waals surface area contributed by atoms with Crippen molar-refractivity contribution in [1.82, 2.24) is 14.5 Å². The topological polar surface area (TPSA) is 67.7 Å². The maximum atomic E-state index is 14.0. The van der Waals surface area contributed by atoms with Crippen LogP contribution in [-0.4, -0.2) is 52.6 Å². The van der Waals surface area contributed by atoms with Gasteiger partial charge in [0.15, 0.2) is 0 Å².